The number of hydrogen-bond acceptors (Lipinski definition) is 2. The Hall–Kier alpha value is -1.81. The van der Waals surface area contributed by atoms with E-state index in [9.17, 15) is 9.59 Å². The van der Waals surface area contributed by atoms with Gasteiger partial charge in [-0.05, 0) is 36.6 Å². The summed E-state index contributed by atoms with van der Waals surface area (Å²) >= 11 is 5.79. The van der Waals surface area contributed by atoms with Crippen LogP contribution in [0.3, 0.4) is 0 Å². The van der Waals surface area contributed by atoms with Gasteiger partial charge in [-0.1, -0.05) is 31.5 Å². The Morgan fingerprint density at radius 1 is 1.29 bits per heavy atom. The quantitative estimate of drug-likeness (QED) is 0.761. The van der Waals surface area contributed by atoms with Crippen molar-refractivity contribution in [2.45, 2.75) is 26.3 Å². The summed E-state index contributed by atoms with van der Waals surface area (Å²) in [4.78, 5) is 24.2. The third-order valence-electron chi connectivity index (χ3n) is 2.86. The standard InChI is InChI=1S/C16H21ClN2O2/c1-4-9-18-16(21)14(10-11(2)3)19-15(20)12-5-7-13(17)8-6-12/h4-8,11,14H,1,9-10H2,2-3H3,(H,18,21)(H,19,20)/t14-/m0/s1. The topological polar surface area (TPSA) is 58.2 Å². The first-order valence-electron chi connectivity index (χ1n) is 6.89. The Kier molecular flexibility index (Phi) is 6.96. The summed E-state index contributed by atoms with van der Waals surface area (Å²) < 4.78 is 0. The van der Waals surface area contributed by atoms with Gasteiger partial charge in [0.05, 0.1) is 0 Å². The molecule has 4 nitrogen and oxygen atoms in total. The summed E-state index contributed by atoms with van der Waals surface area (Å²) in [6, 6.07) is 5.99. The molecule has 0 radical (unpaired) electrons. The van der Waals surface area contributed by atoms with Gasteiger partial charge in [-0.25, -0.2) is 0 Å². The predicted octanol–water partition coefficient (Wildman–Crippen LogP) is 2.79. The van der Waals surface area contributed by atoms with Crippen LogP contribution in [0.1, 0.15) is 30.6 Å². The van der Waals surface area contributed by atoms with E-state index < -0.39 is 6.04 Å². The third kappa shape index (κ3) is 6.00. The van der Waals surface area contributed by atoms with Crippen molar-refractivity contribution < 1.29 is 9.59 Å². The summed E-state index contributed by atoms with van der Waals surface area (Å²) in [6.07, 6.45) is 2.17. The molecule has 0 heterocycles. The molecular weight excluding hydrogens is 288 g/mol. The Morgan fingerprint density at radius 3 is 2.43 bits per heavy atom. The second kappa shape index (κ2) is 8.47. The van der Waals surface area contributed by atoms with Crippen LogP contribution in [-0.2, 0) is 4.79 Å². The molecule has 21 heavy (non-hydrogen) atoms. The zero-order valence-corrected chi connectivity index (χ0v) is 13.1. The molecule has 0 aliphatic heterocycles. The van der Waals surface area contributed by atoms with E-state index in [1.165, 1.54) is 0 Å². The highest BCUT2D eigenvalue weighted by molar-refractivity contribution is 6.30. The molecule has 0 saturated carbocycles. The van der Waals surface area contributed by atoms with Gasteiger partial charge >= 0.3 is 0 Å². The lowest BCUT2D eigenvalue weighted by atomic mass is 10.0. The largest absolute Gasteiger partial charge is 0.351 e. The minimum atomic E-state index is -0.562. The van der Waals surface area contributed by atoms with Crippen LogP contribution in [-0.4, -0.2) is 24.4 Å². The maximum atomic E-state index is 12.2. The average Bonchev–Trinajstić information content (AvgIpc) is 2.44. The van der Waals surface area contributed by atoms with Crippen LogP contribution in [0.2, 0.25) is 5.02 Å². The molecule has 5 heteroatoms. The molecule has 2 N–H and O–H groups in total. The number of halogens is 1. The van der Waals surface area contributed by atoms with Crippen LogP contribution in [0, 0.1) is 5.92 Å². The zero-order valence-electron chi connectivity index (χ0n) is 12.4. The second-order valence-corrected chi connectivity index (χ2v) is 5.63. The van der Waals surface area contributed by atoms with Crippen molar-refractivity contribution in [3.05, 3.63) is 47.5 Å². The molecular formula is C16H21ClN2O2. The van der Waals surface area contributed by atoms with E-state index in [4.69, 9.17) is 11.6 Å². The molecule has 0 aromatic heterocycles. The third-order valence-corrected chi connectivity index (χ3v) is 3.11. The summed E-state index contributed by atoms with van der Waals surface area (Å²) in [6.45, 7) is 7.94. The lowest BCUT2D eigenvalue weighted by Crippen LogP contribution is -2.47. The van der Waals surface area contributed by atoms with E-state index >= 15 is 0 Å². The molecule has 0 saturated heterocycles. The van der Waals surface area contributed by atoms with Crippen LogP contribution in [0.15, 0.2) is 36.9 Å². The lowest BCUT2D eigenvalue weighted by Gasteiger charge is -2.20. The van der Waals surface area contributed by atoms with Gasteiger partial charge in [0.15, 0.2) is 0 Å². The Bertz CT molecular complexity index is 498. The zero-order chi connectivity index (χ0) is 15.8. The predicted molar refractivity (Wildman–Crippen MR) is 85.4 cm³/mol. The number of rotatable bonds is 7. The minimum absolute atomic E-state index is 0.203. The first kappa shape index (κ1) is 17.2. The van der Waals surface area contributed by atoms with Crippen molar-refractivity contribution in [1.29, 1.82) is 0 Å². The van der Waals surface area contributed by atoms with Crippen LogP contribution >= 0.6 is 11.6 Å². The number of carbonyl (C=O) groups excluding carboxylic acids is 2. The van der Waals surface area contributed by atoms with E-state index in [1.807, 2.05) is 13.8 Å². The molecule has 1 atom stereocenters. The molecule has 0 bridgehead atoms. The highest BCUT2D eigenvalue weighted by Gasteiger charge is 2.21. The monoisotopic (exact) mass is 308 g/mol. The molecule has 1 aromatic carbocycles. The molecule has 1 aromatic rings. The van der Waals surface area contributed by atoms with Crippen molar-refractivity contribution in [1.82, 2.24) is 10.6 Å². The number of amides is 2. The normalized spacial score (nSPS) is 11.8. The lowest BCUT2D eigenvalue weighted by molar-refractivity contribution is -0.123. The van der Waals surface area contributed by atoms with Crippen molar-refractivity contribution in [2.75, 3.05) is 6.54 Å². The fraction of sp³-hybridized carbons (Fsp3) is 0.375. The van der Waals surface area contributed by atoms with E-state index in [0.29, 0.717) is 23.6 Å². The molecule has 114 valence electrons. The van der Waals surface area contributed by atoms with Crippen LogP contribution in [0.25, 0.3) is 0 Å². The Labute approximate surface area is 130 Å². The Morgan fingerprint density at radius 2 is 1.90 bits per heavy atom. The first-order valence-corrected chi connectivity index (χ1v) is 7.27. The second-order valence-electron chi connectivity index (χ2n) is 5.20. The summed E-state index contributed by atoms with van der Waals surface area (Å²) in [5, 5.41) is 6.04. The van der Waals surface area contributed by atoms with E-state index in [2.05, 4.69) is 17.2 Å². The summed E-state index contributed by atoms with van der Waals surface area (Å²) in [7, 11) is 0. The highest BCUT2D eigenvalue weighted by Crippen LogP contribution is 2.11. The van der Waals surface area contributed by atoms with E-state index in [-0.39, 0.29) is 17.7 Å². The smallest absolute Gasteiger partial charge is 0.251 e. The Balaban J connectivity index is 2.75. The van der Waals surface area contributed by atoms with Gasteiger partial charge in [0.2, 0.25) is 5.91 Å². The van der Waals surface area contributed by atoms with Gasteiger partial charge < -0.3 is 10.6 Å². The molecule has 1 rings (SSSR count). The maximum Gasteiger partial charge on any atom is 0.251 e. The van der Waals surface area contributed by atoms with Gasteiger partial charge in [0.1, 0.15) is 6.04 Å². The molecule has 0 spiro atoms. The van der Waals surface area contributed by atoms with Crippen LogP contribution in [0.5, 0.6) is 0 Å². The maximum absolute atomic E-state index is 12.2. The molecule has 0 aliphatic rings. The number of hydrogen-bond donors (Lipinski definition) is 2. The van der Waals surface area contributed by atoms with Gasteiger partial charge in [0.25, 0.3) is 5.91 Å². The van der Waals surface area contributed by atoms with Gasteiger partial charge in [-0.3, -0.25) is 9.59 Å². The highest BCUT2D eigenvalue weighted by atomic mass is 35.5. The van der Waals surface area contributed by atoms with Crippen molar-refractivity contribution in [3.63, 3.8) is 0 Å². The molecule has 0 fully saturated rings. The van der Waals surface area contributed by atoms with Crippen molar-refractivity contribution in [3.8, 4) is 0 Å². The van der Waals surface area contributed by atoms with Gasteiger partial charge in [-0.15, -0.1) is 6.58 Å². The average molecular weight is 309 g/mol. The molecule has 0 aliphatic carbocycles. The fourth-order valence-electron chi connectivity index (χ4n) is 1.84. The number of benzene rings is 1. The fourth-order valence-corrected chi connectivity index (χ4v) is 1.97. The van der Waals surface area contributed by atoms with Crippen molar-refractivity contribution >= 4 is 23.4 Å². The van der Waals surface area contributed by atoms with Gasteiger partial charge in [-0.2, -0.15) is 0 Å². The minimum Gasteiger partial charge on any atom is -0.351 e. The summed E-state index contributed by atoms with van der Waals surface area (Å²) in [5.41, 5.74) is 0.477. The van der Waals surface area contributed by atoms with E-state index in [1.54, 1.807) is 30.3 Å². The molecule has 2 amide bonds. The van der Waals surface area contributed by atoms with Gasteiger partial charge in [0, 0.05) is 17.1 Å². The SMILES string of the molecule is C=CCNC(=O)[C@H](CC(C)C)NC(=O)c1ccc(Cl)cc1. The van der Waals surface area contributed by atoms with Crippen LogP contribution < -0.4 is 10.6 Å². The van der Waals surface area contributed by atoms with Crippen LogP contribution in [0.4, 0.5) is 0 Å². The molecule has 0 unspecified atom stereocenters. The van der Waals surface area contributed by atoms with Crippen molar-refractivity contribution in [2.24, 2.45) is 5.92 Å². The number of carbonyl (C=O) groups is 2. The number of nitrogens with one attached hydrogen (secondary N) is 2. The first-order chi connectivity index (χ1) is 9.93. The summed E-state index contributed by atoms with van der Waals surface area (Å²) in [5.74, 6) is -0.202. The van der Waals surface area contributed by atoms with E-state index in [0.717, 1.165) is 0 Å².